The smallest absolute Gasteiger partial charge is 0.251 e. The third-order valence-electron chi connectivity index (χ3n) is 3.76. The molecule has 2 aromatic carbocycles. The van der Waals surface area contributed by atoms with Crippen molar-refractivity contribution in [3.8, 4) is 22.3 Å². The van der Waals surface area contributed by atoms with Gasteiger partial charge in [-0.3, -0.25) is 4.98 Å². The van der Waals surface area contributed by atoms with Gasteiger partial charge in [-0.1, -0.05) is 69.6 Å². The Balaban J connectivity index is 2.41. The number of benzene rings is 2. The molecule has 0 aliphatic carbocycles. The van der Waals surface area contributed by atoms with Gasteiger partial charge in [-0.25, -0.2) is 0 Å². The molecule has 10 heteroatoms. The van der Waals surface area contributed by atoms with E-state index < -0.39 is 11.9 Å². The van der Waals surface area contributed by atoms with E-state index in [0.717, 1.165) is 12.3 Å². The molecule has 146 valence electrons. The zero-order valence-electron chi connectivity index (χ0n) is 13.3. The fraction of sp³-hybridized carbons (Fsp3) is 0.0556. The Labute approximate surface area is 187 Å². The molecule has 0 spiro atoms. The first-order valence-electron chi connectivity index (χ1n) is 7.36. The number of nitrogens with zero attached hydrogens (tertiary/aromatic N) is 1. The molecule has 1 heterocycles. The molecule has 0 unspecified atom stereocenters. The SMILES string of the molecule is FC(F)(F)c1cc(-c2cc(Cl)cc(Cl)c2Cl)c(-c2cc(Cl)cc(Cl)c2Cl)cn1. The van der Waals surface area contributed by atoms with Crippen LogP contribution in [-0.2, 0) is 6.18 Å². The molecule has 0 saturated carbocycles. The molecule has 0 fully saturated rings. The molecule has 0 aliphatic heterocycles. The van der Waals surface area contributed by atoms with Crippen LogP contribution in [0.3, 0.4) is 0 Å². The maximum Gasteiger partial charge on any atom is 0.433 e. The zero-order valence-corrected chi connectivity index (χ0v) is 17.8. The summed E-state index contributed by atoms with van der Waals surface area (Å²) in [4.78, 5) is 3.51. The summed E-state index contributed by atoms with van der Waals surface area (Å²) < 4.78 is 39.8. The van der Waals surface area contributed by atoms with Crippen molar-refractivity contribution in [2.24, 2.45) is 0 Å². The quantitative estimate of drug-likeness (QED) is 0.316. The lowest BCUT2D eigenvalue weighted by Crippen LogP contribution is -2.08. The first kappa shape index (κ1) is 21.8. The molecule has 3 aromatic rings. The largest absolute Gasteiger partial charge is 0.433 e. The highest BCUT2D eigenvalue weighted by Gasteiger charge is 2.34. The molecular formula is C18H6Cl6F3N. The van der Waals surface area contributed by atoms with Gasteiger partial charge in [-0.15, -0.1) is 0 Å². The summed E-state index contributed by atoms with van der Waals surface area (Å²) in [5.41, 5.74) is -0.376. The summed E-state index contributed by atoms with van der Waals surface area (Å²) in [5, 5.41) is 0.761. The average molecular weight is 506 g/mol. The lowest BCUT2D eigenvalue weighted by Gasteiger charge is -2.17. The summed E-state index contributed by atoms with van der Waals surface area (Å²) in [5.74, 6) is 0. The van der Waals surface area contributed by atoms with E-state index in [4.69, 9.17) is 69.6 Å². The Morgan fingerprint density at radius 1 is 0.607 bits per heavy atom. The first-order chi connectivity index (χ1) is 13.0. The van der Waals surface area contributed by atoms with Crippen molar-refractivity contribution < 1.29 is 13.2 Å². The van der Waals surface area contributed by atoms with Gasteiger partial charge in [0.15, 0.2) is 0 Å². The summed E-state index contributed by atoms with van der Waals surface area (Å²) in [6, 6.07) is 6.49. The number of alkyl halides is 3. The van der Waals surface area contributed by atoms with Crippen LogP contribution >= 0.6 is 69.6 Å². The van der Waals surface area contributed by atoms with E-state index in [9.17, 15) is 13.2 Å². The molecule has 0 bridgehead atoms. The van der Waals surface area contributed by atoms with Gasteiger partial charge >= 0.3 is 6.18 Å². The zero-order chi connectivity index (χ0) is 20.8. The number of rotatable bonds is 2. The minimum atomic E-state index is -4.68. The van der Waals surface area contributed by atoms with Gasteiger partial charge < -0.3 is 0 Å². The fourth-order valence-corrected chi connectivity index (χ4v) is 3.96. The molecule has 0 aliphatic rings. The third kappa shape index (κ3) is 4.33. The van der Waals surface area contributed by atoms with E-state index in [2.05, 4.69) is 4.98 Å². The minimum absolute atomic E-state index is 0.0240. The highest BCUT2D eigenvalue weighted by atomic mass is 35.5. The van der Waals surface area contributed by atoms with Gasteiger partial charge in [-0.05, 0) is 35.9 Å². The van der Waals surface area contributed by atoms with Crippen LogP contribution in [-0.4, -0.2) is 4.98 Å². The monoisotopic (exact) mass is 503 g/mol. The molecule has 0 amide bonds. The standard InChI is InChI=1S/C18H6Cl6F3N/c19-7-1-10(16(23)13(21)3-7)9-5-15(18(25,26)27)28-6-12(9)11-2-8(20)4-14(22)17(11)24/h1-6H. The molecule has 0 N–H and O–H groups in total. The predicted octanol–water partition coefficient (Wildman–Crippen LogP) is 9.35. The topological polar surface area (TPSA) is 12.9 Å². The number of hydrogen-bond donors (Lipinski definition) is 0. The highest BCUT2D eigenvalue weighted by Crippen LogP contribution is 2.45. The van der Waals surface area contributed by atoms with E-state index in [-0.39, 0.29) is 52.4 Å². The normalized spacial score (nSPS) is 11.8. The van der Waals surface area contributed by atoms with Crippen LogP contribution in [0.25, 0.3) is 22.3 Å². The molecule has 1 nitrogen and oxygen atoms in total. The van der Waals surface area contributed by atoms with Gasteiger partial charge in [0, 0.05) is 32.9 Å². The number of pyridine rings is 1. The maximum absolute atomic E-state index is 13.3. The Bertz CT molecular complexity index is 1080. The molecule has 0 atom stereocenters. The van der Waals surface area contributed by atoms with Gasteiger partial charge in [0.25, 0.3) is 0 Å². The number of halogens is 9. The van der Waals surface area contributed by atoms with Crippen LogP contribution in [0.15, 0.2) is 36.5 Å². The second kappa shape index (κ2) is 8.10. The van der Waals surface area contributed by atoms with E-state index in [0.29, 0.717) is 0 Å². The van der Waals surface area contributed by atoms with E-state index in [1.165, 1.54) is 24.3 Å². The van der Waals surface area contributed by atoms with Crippen LogP contribution in [0.2, 0.25) is 30.1 Å². The van der Waals surface area contributed by atoms with Gasteiger partial charge in [0.1, 0.15) is 5.69 Å². The maximum atomic E-state index is 13.3. The molecule has 28 heavy (non-hydrogen) atoms. The lowest BCUT2D eigenvalue weighted by molar-refractivity contribution is -0.141. The van der Waals surface area contributed by atoms with Crippen LogP contribution in [0.4, 0.5) is 13.2 Å². The summed E-state index contributed by atoms with van der Waals surface area (Å²) in [6.45, 7) is 0. The number of hydrogen-bond acceptors (Lipinski definition) is 1. The summed E-state index contributed by atoms with van der Waals surface area (Å²) >= 11 is 36.7. The van der Waals surface area contributed by atoms with E-state index in [1.54, 1.807) is 0 Å². The van der Waals surface area contributed by atoms with Gasteiger partial charge in [0.2, 0.25) is 0 Å². The third-order valence-corrected chi connectivity index (χ3v) is 5.80. The minimum Gasteiger partial charge on any atom is -0.251 e. The molecule has 1 aromatic heterocycles. The highest BCUT2D eigenvalue weighted by molar-refractivity contribution is 6.46. The predicted molar refractivity (Wildman–Crippen MR) is 110 cm³/mol. The van der Waals surface area contributed by atoms with Crippen molar-refractivity contribution in [3.63, 3.8) is 0 Å². The molecule has 0 saturated heterocycles. The van der Waals surface area contributed by atoms with Crippen molar-refractivity contribution >= 4 is 69.6 Å². The van der Waals surface area contributed by atoms with E-state index >= 15 is 0 Å². The van der Waals surface area contributed by atoms with Crippen molar-refractivity contribution in [3.05, 3.63) is 72.4 Å². The summed E-state index contributed by atoms with van der Waals surface area (Å²) in [7, 11) is 0. The molecule has 3 rings (SSSR count). The lowest BCUT2D eigenvalue weighted by atomic mass is 9.95. The Morgan fingerprint density at radius 3 is 1.54 bits per heavy atom. The van der Waals surface area contributed by atoms with E-state index in [1.807, 2.05) is 0 Å². The Hall–Kier alpha value is -0.880. The van der Waals surface area contributed by atoms with Crippen molar-refractivity contribution in [2.75, 3.05) is 0 Å². The van der Waals surface area contributed by atoms with Gasteiger partial charge in [0.05, 0.1) is 20.1 Å². The molecular weight excluding hydrogens is 500 g/mol. The summed E-state index contributed by atoms with van der Waals surface area (Å²) in [6.07, 6.45) is -3.66. The Kier molecular flexibility index (Phi) is 6.31. The van der Waals surface area contributed by atoms with Crippen LogP contribution in [0.1, 0.15) is 5.69 Å². The molecule has 0 radical (unpaired) electrons. The number of aromatic nitrogens is 1. The second-order valence-electron chi connectivity index (χ2n) is 5.61. The first-order valence-corrected chi connectivity index (χ1v) is 9.63. The second-order valence-corrected chi connectivity index (χ2v) is 8.05. The van der Waals surface area contributed by atoms with Crippen molar-refractivity contribution in [1.29, 1.82) is 0 Å². The van der Waals surface area contributed by atoms with Gasteiger partial charge in [-0.2, -0.15) is 13.2 Å². The Morgan fingerprint density at radius 2 is 1.07 bits per heavy atom. The fourth-order valence-electron chi connectivity index (χ4n) is 2.55. The van der Waals surface area contributed by atoms with Crippen molar-refractivity contribution in [2.45, 2.75) is 6.18 Å². The van der Waals surface area contributed by atoms with Crippen LogP contribution in [0, 0.1) is 0 Å². The van der Waals surface area contributed by atoms with Crippen molar-refractivity contribution in [1.82, 2.24) is 4.98 Å². The average Bonchev–Trinajstić information content (AvgIpc) is 2.60. The van der Waals surface area contributed by atoms with Crippen LogP contribution < -0.4 is 0 Å². The van der Waals surface area contributed by atoms with Crippen LogP contribution in [0.5, 0.6) is 0 Å².